The highest BCUT2D eigenvalue weighted by Crippen LogP contribution is 2.27. The van der Waals surface area contributed by atoms with Crippen LogP contribution in [0.15, 0.2) is 41.4 Å². The minimum Gasteiger partial charge on any atom is -0.310 e. The number of amides is 1. The van der Waals surface area contributed by atoms with Crippen LogP contribution >= 0.6 is 0 Å². The molecule has 0 unspecified atom stereocenters. The van der Waals surface area contributed by atoms with E-state index in [4.69, 9.17) is 5.14 Å². The lowest BCUT2D eigenvalue weighted by Gasteiger charge is -2.05. The van der Waals surface area contributed by atoms with Crippen molar-refractivity contribution in [2.75, 3.05) is 5.32 Å². The minimum absolute atomic E-state index is 0.0622. The maximum Gasteiger partial charge on any atom is 0.238 e. The van der Waals surface area contributed by atoms with E-state index in [1.54, 1.807) is 18.3 Å². The van der Waals surface area contributed by atoms with Crippen LogP contribution in [0.25, 0.3) is 11.1 Å². The molecule has 1 amide bonds. The van der Waals surface area contributed by atoms with Gasteiger partial charge in [-0.15, -0.1) is 0 Å². The number of hydrogen-bond donors (Lipinski definition) is 2. The quantitative estimate of drug-likeness (QED) is 0.857. The number of nitrogens with one attached hydrogen (secondary N) is 1. The van der Waals surface area contributed by atoms with E-state index in [9.17, 15) is 13.2 Å². The van der Waals surface area contributed by atoms with Gasteiger partial charge in [-0.25, -0.2) is 18.5 Å². The summed E-state index contributed by atoms with van der Waals surface area (Å²) < 4.78 is 22.4. The molecule has 2 aromatic rings. The maximum atomic E-state index is 11.3. The van der Waals surface area contributed by atoms with Crippen LogP contribution in [0, 0.1) is 0 Å². The molecular formula is C13H11N3O3S. The lowest BCUT2D eigenvalue weighted by molar-refractivity contribution is -0.115. The molecule has 0 fully saturated rings. The van der Waals surface area contributed by atoms with E-state index in [1.165, 1.54) is 12.1 Å². The predicted octanol–water partition coefficient (Wildman–Crippen LogP) is 0.891. The largest absolute Gasteiger partial charge is 0.310 e. The summed E-state index contributed by atoms with van der Waals surface area (Å²) in [5, 5.41) is 7.71. The number of pyridine rings is 1. The third-order valence-corrected chi connectivity index (χ3v) is 4.02. The second kappa shape index (κ2) is 4.39. The molecule has 0 atom stereocenters. The average molecular weight is 289 g/mol. The van der Waals surface area contributed by atoms with Gasteiger partial charge < -0.3 is 5.32 Å². The SMILES string of the molecule is NS(=O)(=O)c1ccc(-c2cnc3c(c2)CC(=O)N3)cc1. The average Bonchev–Trinajstić information content (AvgIpc) is 2.77. The zero-order valence-corrected chi connectivity index (χ0v) is 11.1. The fourth-order valence-electron chi connectivity index (χ4n) is 2.10. The zero-order valence-electron chi connectivity index (χ0n) is 10.3. The van der Waals surface area contributed by atoms with Crippen molar-refractivity contribution in [1.82, 2.24) is 4.98 Å². The smallest absolute Gasteiger partial charge is 0.238 e. The Morgan fingerprint density at radius 2 is 1.85 bits per heavy atom. The van der Waals surface area contributed by atoms with Crippen LogP contribution < -0.4 is 10.5 Å². The van der Waals surface area contributed by atoms with Gasteiger partial charge in [0.1, 0.15) is 5.82 Å². The number of sulfonamides is 1. The van der Waals surface area contributed by atoms with Gasteiger partial charge in [0.05, 0.1) is 11.3 Å². The van der Waals surface area contributed by atoms with Crippen LogP contribution in [0.4, 0.5) is 5.82 Å². The van der Waals surface area contributed by atoms with E-state index in [-0.39, 0.29) is 10.8 Å². The second-order valence-electron chi connectivity index (χ2n) is 4.53. The number of rotatable bonds is 2. The van der Waals surface area contributed by atoms with Crippen molar-refractivity contribution in [3.8, 4) is 11.1 Å². The Bertz CT molecular complexity index is 798. The maximum absolute atomic E-state index is 11.3. The molecule has 0 aliphatic carbocycles. The van der Waals surface area contributed by atoms with Crippen LogP contribution in [-0.2, 0) is 21.2 Å². The van der Waals surface area contributed by atoms with E-state index in [1.807, 2.05) is 6.07 Å². The normalized spacial score (nSPS) is 13.9. The Morgan fingerprint density at radius 3 is 2.50 bits per heavy atom. The number of nitrogens with two attached hydrogens (primary N) is 1. The van der Waals surface area contributed by atoms with Gasteiger partial charge in [-0.1, -0.05) is 12.1 Å². The lowest BCUT2D eigenvalue weighted by atomic mass is 10.1. The van der Waals surface area contributed by atoms with Gasteiger partial charge in [0.2, 0.25) is 15.9 Å². The van der Waals surface area contributed by atoms with Crippen molar-refractivity contribution < 1.29 is 13.2 Å². The summed E-state index contributed by atoms with van der Waals surface area (Å²) in [6, 6.07) is 8.08. The van der Waals surface area contributed by atoms with Crippen LogP contribution in [0.2, 0.25) is 0 Å². The Labute approximate surface area is 115 Å². The van der Waals surface area contributed by atoms with Gasteiger partial charge in [0.25, 0.3) is 0 Å². The highest BCUT2D eigenvalue weighted by atomic mass is 32.2. The molecule has 2 heterocycles. The first kappa shape index (κ1) is 12.8. The number of benzene rings is 1. The third kappa shape index (κ3) is 2.28. The van der Waals surface area contributed by atoms with Crippen molar-refractivity contribution in [2.45, 2.75) is 11.3 Å². The Hall–Kier alpha value is -2.25. The summed E-state index contributed by atoms with van der Waals surface area (Å²) in [5.41, 5.74) is 2.47. The lowest BCUT2D eigenvalue weighted by Crippen LogP contribution is -2.11. The van der Waals surface area contributed by atoms with Crippen molar-refractivity contribution in [3.05, 3.63) is 42.1 Å². The molecule has 3 N–H and O–H groups in total. The summed E-state index contributed by atoms with van der Waals surface area (Å²) >= 11 is 0. The van der Waals surface area contributed by atoms with Crippen LogP contribution in [0.5, 0.6) is 0 Å². The summed E-state index contributed by atoms with van der Waals surface area (Å²) in [6.45, 7) is 0. The molecule has 20 heavy (non-hydrogen) atoms. The van der Waals surface area contributed by atoms with Crippen molar-refractivity contribution in [3.63, 3.8) is 0 Å². The van der Waals surface area contributed by atoms with E-state index < -0.39 is 10.0 Å². The summed E-state index contributed by atoms with van der Waals surface area (Å²) in [6.07, 6.45) is 1.95. The van der Waals surface area contributed by atoms with E-state index in [0.29, 0.717) is 12.2 Å². The molecule has 0 bridgehead atoms. The van der Waals surface area contributed by atoms with Gasteiger partial charge in [-0.3, -0.25) is 4.79 Å². The van der Waals surface area contributed by atoms with E-state index in [2.05, 4.69) is 10.3 Å². The molecule has 3 rings (SSSR count). The number of aromatic nitrogens is 1. The highest BCUT2D eigenvalue weighted by molar-refractivity contribution is 7.89. The van der Waals surface area contributed by atoms with Gasteiger partial charge >= 0.3 is 0 Å². The number of carbonyl (C=O) groups excluding carboxylic acids is 1. The summed E-state index contributed by atoms with van der Waals surface area (Å²) in [7, 11) is -3.69. The second-order valence-corrected chi connectivity index (χ2v) is 6.09. The molecular weight excluding hydrogens is 278 g/mol. The molecule has 0 spiro atoms. The van der Waals surface area contributed by atoms with E-state index in [0.717, 1.165) is 16.7 Å². The Balaban J connectivity index is 1.98. The molecule has 6 nitrogen and oxygen atoms in total. The molecule has 1 aliphatic rings. The fraction of sp³-hybridized carbons (Fsp3) is 0.0769. The number of anilines is 1. The van der Waals surface area contributed by atoms with Gasteiger partial charge in [-0.2, -0.15) is 0 Å². The number of nitrogens with zero attached hydrogens (tertiary/aromatic N) is 1. The first-order valence-electron chi connectivity index (χ1n) is 5.85. The molecule has 0 radical (unpaired) electrons. The van der Waals surface area contributed by atoms with E-state index >= 15 is 0 Å². The number of primary sulfonamides is 1. The van der Waals surface area contributed by atoms with Gasteiger partial charge in [0, 0.05) is 17.3 Å². The monoisotopic (exact) mass is 289 g/mol. The van der Waals surface area contributed by atoms with Crippen LogP contribution in [0.3, 0.4) is 0 Å². The number of carbonyl (C=O) groups is 1. The van der Waals surface area contributed by atoms with Crippen molar-refractivity contribution in [1.29, 1.82) is 0 Å². The Morgan fingerprint density at radius 1 is 1.15 bits per heavy atom. The van der Waals surface area contributed by atoms with Gasteiger partial charge in [0.15, 0.2) is 0 Å². The number of hydrogen-bond acceptors (Lipinski definition) is 4. The standard InChI is InChI=1S/C13H11N3O3S/c14-20(18,19)11-3-1-8(2-4-11)10-5-9-6-12(17)16-13(9)15-7-10/h1-5,7H,6H2,(H2,14,18,19)(H,15,16,17). The van der Waals surface area contributed by atoms with Gasteiger partial charge in [-0.05, 0) is 23.8 Å². The first-order chi connectivity index (χ1) is 9.43. The third-order valence-electron chi connectivity index (χ3n) is 3.09. The van der Waals surface area contributed by atoms with Crippen molar-refractivity contribution in [2.24, 2.45) is 5.14 Å². The molecule has 102 valence electrons. The molecule has 1 aromatic heterocycles. The van der Waals surface area contributed by atoms with Crippen molar-refractivity contribution >= 4 is 21.7 Å². The fourth-order valence-corrected chi connectivity index (χ4v) is 2.62. The Kier molecular flexibility index (Phi) is 2.81. The summed E-state index contributed by atoms with van der Waals surface area (Å²) in [5.74, 6) is 0.508. The van der Waals surface area contributed by atoms with Crippen LogP contribution in [-0.4, -0.2) is 19.3 Å². The zero-order chi connectivity index (χ0) is 14.3. The molecule has 0 saturated carbocycles. The number of fused-ring (bicyclic) bond motifs is 1. The molecule has 1 aromatic carbocycles. The highest BCUT2D eigenvalue weighted by Gasteiger charge is 2.19. The molecule has 0 saturated heterocycles. The molecule has 1 aliphatic heterocycles. The minimum atomic E-state index is -3.69. The molecule has 7 heteroatoms. The predicted molar refractivity (Wildman–Crippen MR) is 73.4 cm³/mol. The topological polar surface area (TPSA) is 102 Å². The first-order valence-corrected chi connectivity index (χ1v) is 7.40. The van der Waals surface area contributed by atoms with Crippen LogP contribution in [0.1, 0.15) is 5.56 Å². The summed E-state index contributed by atoms with van der Waals surface area (Å²) in [4.78, 5) is 15.5.